The Labute approximate surface area is 164 Å². The number of anilines is 1. The number of ether oxygens (including phenoxy) is 2. The fraction of sp³-hybridized carbons (Fsp3) is 0.300. The number of nitrogen functional groups attached to an aromatic ring is 1. The number of nitrogens with two attached hydrogens (primary N) is 1. The monoisotopic (exact) mass is 383 g/mol. The van der Waals surface area contributed by atoms with Crippen LogP contribution in [-0.2, 0) is 4.74 Å². The predicted octanol–water partition coefficient (Wildman–Crippen LogP) is 2.85. The molecule has 2 rings (SSSR count). The van der Waals surface area contributed by atoms with Gasteiger partial charge in [0.25, 0.3) is 0 Å². The highest BCUT2D eigenvalue weighted by Crippen LogP contribution is 2.21. The number of hydrogen-bond donors (Lipinski definition) is 3. The molecule has 148 valence electrons. The summed E-state index contributed by atoms with van der Waals surface area (Å²) < 4.78 is 10.5. The topological polar surface area (TPSA) is 125 Å². The summed E-state index contributed by atoms with van der Waals surface area (Å²) in [7, 11) is 1.34. The number of nitrogens with one attached hydrogen (secondary N) is 2. The van der Waals surface area contributed by atoms with E-state index in [0.29, 0.717) is 48.8 Å². The molecule has 0 radical (unpaired) electrons. The van der Waals surface area contributed by atoms with Crippen LogP contribution in [0.25, 0.3) is 0 Å². The minimum atomic E-state index is -0.434. The summed E-state index contributed by atoms with van der Waals surface area (Å²) in [5, 5.41) is 15.7. The number of carbonyl (C=O) groups excluding carboxylic acids is 1. The molecule has 0 aliphatic heterocycles. The van der Waals surface area contributed by atoms with E-state index >= 15 is 0 Å². The van der Waals surface area contributed by atoms with Gasteiger partial charge in [0.05, 0.1) is 20.1 Å². The van der Waals surface area contributed by atoms with Crippen molar-refractivity contribution < 1.29 is 14.3 Å². The molecule has 0 saturated carbocycles. The maximum Gasteiger partial charge on any atom is 0.341 e. The zero-order valence-electron chi connectivity index (χ0n) is 16.1. The smallest absolute Gasteiger partial charge is 0.341 e. The van der Waals surface area contributed by atoms with Crippen LogP contribution in [0.4, 0.5) is 5.82 Å². The third kappa shape index (κ3) is 5.54. The molecule has 4 N–H and O–H groups in total. The molecule has 0 aliphatic rings. The molecule has 0 atom stereocenters. The molecular formula is C20H25N5O3. The Hall–Kier alpha value is -3.42. The number of hydrogen-bond acceptors (Lipinski definition) is 7. The van der Waals surface area contributed by atoms with Gasteiger partial charge in [0.2, 0.25) is 0 Å². The van der Waals surface area contributed by atoms with Crippen molar-refractivity contribution in [2.75, 3.05) is 26.0 Å². The second-order valence-electron chi connectivity index (χ2n) is 6.17. The van der Waals surface area contributed by atoms with Crippen LogP contribution < -0.4 is 10.5 Å². The normalized spacial score (nSPS) is 10.2. The first-order valence-corrected chi connectivity index (χ1v) is 8.86. The first-order valence-electron chi connectivity index (χ1n) is 8.86. The van der Waals surface area contributed by atoms with Gasteiger partial charge in [0, 0.05) is 6.54 Å². The van der Waals surface area contributed by atoms with E-state index in [1.807, 2.05) is 13.0 Å². The van der Waals surface area contributed by atoms with E-state index in [0.717, 1.165) is 11.9 Å². The van der Waals surface area contributed by atoms with Crippen LogP contribution in [0.3, 0.4) is 0 Å². The van der Waals surface area contributed by atoms with Crippen LogP contribution >= 0.6 is 0 Å². The quantitative estimate of drug-likeness (QED) is 0.265. The first kappa shape index (κ1) is 20.9. The molecule has 2 aromatic rings. The van der Waals surface area contributed by atoms with Crippen LogP contribution in [0.15, 0.2) is 36.4 Å². The lowest BCUT2D eigenvalue weighted by Crippen LogP contribution is -2.31. The largest absolute Gasteiger partial charge is 0.493 e. The average Bonchev–Trinajstić information content (AvgIpc) is 2.70. The van der Waals surface area contributed by atoms with E-state index in [1.54, 1.807) is 30.3 Å². The molecule has 0 bridgehead atoms. The Kier molecular flexibility index (Phi) is 7.50. The Morgan fingerprint density at radius 1 is 1.29 bits per heavy atom. The lowest BCUT2D eigenvalue weighted by Gasteiger charge is -2.19. The van der Waals surface area contributed by atoms with E-state index in [4.69, 9.17) is 26.0 Å². The van der Waals surface area contributed by atoms with Gasteiger partial charge in [-0.3, -0.25) is 10.8 Å². The van der Waals surface area contributed by atoms with Gasteiger partial charge < -0.3 is 20.1 Å². The molecule has 0 saturated heterocycles. The highest BCUT2D eigenvalue weighted by molar-refractivity contribution is 6.00. The lowest BCUT2D eigenvalue weighted by molar-refractivity contribution is 0.0596. The summed E-state index contributed by atoms with van der Waals surface area (Å²) in [6.45, 7) is 2.77. The van der Waals surface area contributed by atoms with Crippen molar-refractivity contribution in [3.8, 4) is 5.75 Å². The number of esters is 1. The van der Waals surface area contributed by atoms with Gasteiger partial charge in [-0.05, 0) is 44.0 Å². The van der Waals surface area contributed by atoms with Gasteiger partial charge in [0.15, 0.2) is 5.84 Å². The second-order valence-corrected chi connectivity index (χ2v) is 6.17. The van der Waals surface area contributed by atoms with E-state index in [2.05, 4.69) is 4.98 Å². The van der Waals surface area contributed by atoms with Gasteiger partial charge in [-0.15, -0.1) is 0 Å². The minimum Gasteiger partial charge on any atom is -0.493 e. The van der Waals surface area contributed by atoms with Crippen LogP contribution in [0.5, 0.6) is 5.75 Å². The highest BCUT2D eigenvalue weighted by atomic mass is 16.5. The van der Waals surface area contributed by atoms with Crippen molar-refractivity contribution >= 4 is 24.0 Å². The van der Waals surface area contributed by atoms with Crippen molar-refractivity contribution in [3.05, 3.63) is 53.2 Å². The minimum absolute atomic E-state index is 0.120. The fourth-order valence-corrected chi connectivity index (χ4v) is 2.58. The second kappa shape index (κ2) is 10.1. The SMILES string of the molecule is COC(=O)c1cc(C)ccc1OCCCCN(C=N)C(=N)c1cccc(N)n1. The van der Waals surface area contributed by atoms with Gasteiger partial charge in [-0.2, -0.15) is 0 Å². The molecular weight excluding hydrogens is 358 g/mol. The molecule has 28 heavy (non-hydrogen) atoms. The van der Waals surface area contributed by atoms with Crippen molar-refractivity contribution in [2.24, 2.45) is 0 Å². The lowest BCUT2D eigenvalue weighted by atomic mass is 10.1. The molecule has 1 aromatic carbocycles. The molecule has 0 unspecified atom stereocenters. The molecule has 0 amide bonds. The van der Waals surface area contributed by atoms with Gasteiger partial charge in [-0.1, -0.05) is 17.7 Å². The maximum absolute atomic E-state index is 11.9. The van der Waals surface area contributed by atoms with Crippen LogP contribution in [0.1, 0.15) is 34.5 Å². The van der Waals surface area contributed by atoms with E-state index in [9.17, 15) is 4.79 Å². The van der Waals surface area contributed by atoms with Crippen molar-refractivity contribution in [1.82, 2.24) is 9.88 Å². The number of nitrogens with zero attached hydrogens (tertiary/aromatic N) is 2. The van der Waals surface area contributed by atoms with Gasteiger partial charge >= 0.3 is 5.97 Å². The summed E-state index contributed by atoms with van der Waals surface area (Å²) in [6, 6.07) is 10.4. The third-order valence-corrected chi connectivity index (χ3v) is 4.05. The Bertz CT molecular complexity index is 853. The highest BCUT2D eigenvalue weighted by Gasteiger charge is 2.14. The molecule has 0 fully saturated rings. The predicted molar refractivity (Wildman–Crippen MR) is 108 cm³/mol. The number of methoxy groups -OCH3 is 1. The molecule has 0 aliphatic carbocycles. The maximum atomic E-state index is 11.9. The summed E-state index contributed by atoms with van der Waals surface area (Å²) >= 11 is 0. The molecule has 8 nitrogen and oxygen atoms in total. The zero-order valence-corrected chi connectivity index (χ0v) is 16.1. The number of aromatic nitrogens is 1. The van der Waals surface area contributed by atoms with Crippen LogP contribution in [-0.4, -0.2) is 48.3 Å². The van der Waals surface area contributed by atoms with Crippen molar-refractivity contribution in [1.29, 1.82) is 10.8 Å². The molecule has 8 heteroatoms. The number of pyridine rings is 1. The van der Waals surface area contributed by atoms with Gasteiger partial charge in [0.1, 0.15) is 22.8 Å². The van der Waals surface area contributed by atoms with E-state index in [1.165, 1.54) is 12.0 Å². The standard InChI is InChI=1S/C20H25N5O3/c1-14-8-9-17(15(12-14)20(26)27-2)28-11-4-3-10-25(13-21)19(23)16-6-5-7-18(22)24-16/h5-9,12-13,21,23H,3-4,10-11H2,1-2H3,(H2,22,24). The number of benzene rings is 1. The first-order chi connectivity index (χ1) is 13.5. The summed E-state index contributed by atoms with van der Waals surface area (Å²) in [5.74, 6) is 0.504. The average molecular weight is 383 g/mol. The number of aryl methyl sites for hydroxylation is 1. The summed E-state index contributed by atoms with van der Waals surface area (Å²) in [4.78, 5) is 17.5. The zero-order chi connectivity index (χ0) is 20.5. The molecule has 0 spiro atoms. The van der Waals surface area contributed by atoms with Gasteiger partial charge in [-0.25, -0.2) is 9.78 Å². The number of rotatable bonds is 9. The Morgan fingerprint density at radius 2 is 2.07 bits per heavy atom. The Balaban J connectivity index is 1.86. The summed E-state index contributed by atoms with van der Waals surface area (Å²) in [6.07, 6.45) is 2.49. The van der Waals surface area contributed by atoms with Crippen molar-refractivity contribution in [2.45, 2.75) is 19.8 Å². The number of carbonyl (C=O) groups is 1. The van der Waals surface area contributed by atoms with E-state index < -0.39 is 5.97 Å². The van der Waals surface area contributed by atoms with E-state index in [-0.39, 0.29) is 5.84 Å². The molecule has 1 aromatic heterocycles. The Morgan fingerprint density at radius 3 is 2.75 bits per heavy atom. The third-order valence-electron chi connectivity index (χ3n) is 4.05. The molecule has 1 heterocycles. The fourth-order valence-electron chi connectivity index (χ4n) is 2.58. The van der Waals surface area contributed by atoms with Crippen LogP contribution in [0.2, 0.25) is 0 Å². The van der Waals surface area contributed by atoms with Crippen molar-refractivity contribution in [3.63, 3.8) is 0 Å². The number of amidine groups is 1. The van der Waals surface area contributed by atoms with Crippen LogP contribution in [0, 0.1) is 17.7 Å². The number of unbranched alkanes of at least 4 members (excludes halogenated alkanes) is 1. The summed E-state index contributed by atoms with van der Waals surface area (Å²) in [5.41, 5.74) is 7.42.